The molecule has 1 aliphatic rings. The van der Waals surface area contributed by atoms with E-state index >= 15 is 0 Å². The fourth-order valence-corrected chi connectivity index (χ4v) is 3.14. The van der Waals surface area contributed by atoms with E-state index in [0.717, 1.165) is 32.1 Å². The van der Waals surface area contributed by atoms with Crippen molar-refractivity contribution in [3.63, 3.8) is 0 Å². The van der Waals surface area contributed by atoms with Gasteiger partial charge in [-0.25, -0.2) is 0 Å². The van der Waals surface area contributed by atoms with Gasteiger partial charge in [-0.2, -0.15) is 0 Å². The van der Waals surface area contributed by atoms with Gasteiger partial charge in [-0.05, 0) is 56.4 Å². The SMILES string of the molecule is CC(C)C[C@H](CN)CC(=O)NCC1CCC(C(=O)O)CC1. The average Bonchev–Trinajstić information content (AvgIpc) is 2.44. The number of rotatable bonds is 8. The van der Waals surface area contributed by atoms with Gasteiger partial charge in [-0.15, -0.1) is 0 Å². The number of hydrogen-bond acceptors (Lipinski definition) is 3. The first kappa shape index (κ1) is 18.0. The third-order valence-corrected chi connectivity index (χ3v) is 4.40. The number of amides is 1. The minimum Gasteiger partial charge on any atom is -0.481 e. The van der Waals surface area contributed by atoms with E-state index in [1.165, 1.54) is 0 Å². The quantitative estimate of drug-likeness (QED) is 0.639. The molecule has 0 bridgehead atoms. The van der Waals surface area contributed by atoms with Crippen LogP contribution in [-0.2, 0) is 9.59 Å². The highest BCUT2D eigenvalue weighted by molar-refractivity contribution is 5.76. The van der Waals surface area contributed by atoms with Crippen LogP contribution in [0.3, 0.4) is 0 Å². The van der Waals surface area contributed by atoms with Gasteiger partial charge < -0.3 is 16.2 Å². The predicted molar refractivity (Wildman–Crippen MR) is 82.7 cm³/mol. The van der Waals surface area contributed by atoms with E-state index in [1.54, 1.807) is 0 Å². The normalized spacial score (nSPS) is 23.8. The maximum Gasteiger partial charge on any atom is 0.306 e. The average molecular weight is 298 g/mol. The lowest BCUT2D eigenvalue weighted by Gasteiger charge is -2.26. The van der Waals surface area contributed by atoms with Crippen LogP contribution in [-0.4, -0.2) is 30.1 Å². The minimum absolute atomic E-state index is 0.0754. The molecule has 0 aromatic rings. The van der Waals surface area contributed by atoms with Gasteiger partial charge in [-0.3, -0.25) is 9.59 Å². The summed E-state index contributed by atoms with van der Waals surface area (Å²) < 4.78 is 0. The van der Waals surface area contributed by atoms with Crippen LogP contribution in [0, 0.1) is 23.7 Å². The highest BCUT2D eigenvalue weighted by Gasteiger charge is 2.26. The molecule has 1 atom stereocenters. The van der Waals surface area contributed by atoms with E-state index in [1.807, 2.05) is 0 Å². The van der Waals surface area contributed by atoms with Crippen LogP contribution < -0.4 is 11.1 Å². The molecule has 122 valence electrons. The Balaban J connectivity index is 2.23. The van der Waals surface area contributed by atoms with Crippen molar-refractivity contribution in [3.05, 3.63) is 0 Å². The highest BCUT2D eigenvalue weighted by atomic mass is 16.4. The Bertz CT molecular complexity index is 336. The molecule has 1 amide bonds. The fourth-order valence-electron chi connectivity index (χ4n) is 3.14. The molecule has 0 spiro atoms. The Hall–Kier alpha value is -1.10. The van der Waals surface area contributed by atoms with E-state index in [-0.39, 0.29) is 17.7 Å². The van der Waals surface area contributed by atoms with Crippen molar-refractivity contribution in [2.75, 3.05) is 13.1 Å². The molecule has 0 radical (unpaired) electrons. The molecule has 0 unspecified atom stereocenters. The zero-order chi connectivity index (χ0) is 15.8. The molecule has 1 fully saturated rings. The summed E-state index contributed by atoms with van der Waals surface area (Å²) in [4.78, 5) is 22.8. The molecule has 0 aromatic carbocycles. The van der Waals surface area contributed by atoms with Gasteiger partial charge >= 0.3 is 5.97 Å². The van der Waals surface area contributed by atoms with Crippen LogP contribution in [0.2, 0.25) is 0 Å². The number of hydrogen-bond donors (Lipinski definition) is 3. The van der Waals surface area contributed by atoms with Gasteiger partial charge in [0.15, 0.2) is 0 Å². The first-order valence-corrected chi connectivity index (χ1v) is 8.11. The van der Waals surface area contributed by atoms with Crippen molar-refractivity contribution in [2.45, 2.75) is 52.4 Å². The van der Waals surface area contributed by atoms with Gasteiger partial charge in [0.25, 0.3) is 0 Å². The lowest BCUT2D eigenvalue weighted by Crippen LogP contribution is -2.34. The van der Waals surface area contributed by atoms with Gasteiger partial charge in [0.05, 0.1) is 5.92 Å². The lowest BCUT2D eigenvalue weighted by atomic mass is 9.82. The van der Waals surface area contributed by atoms with Crippen LogP contribution in [0.25, 0.3) is 0 Å². The standard InChI is InChI=1S/C16H30N2O3/c1-11(2)7-13(9-17)8-15(19)18-10-12-3-5-14(6-4-12)16(20)21/h11-14H,3-10,17H2,1-2H3,(H,18,19)(H,20,21)/t12?,13-,14?/m0/s1. The second kappa shape index (κ2) is 9.03. The summed E-state index contributed by atoms with van der Waals surface area (Å²) in [5, 5.41) is 12.0. The molecular weight excluding hydrogens is 268 g/mol. The van der Waals surface area contributed by atoms with E-state index < -0.39 is 5.97 Å². The minimum atomic E-state index is -0.683. The summed E-state index contributed by atoms with van der Waals surface area (Å²) in [6.07, 6.45) is 4.73. The Kier molecular flexibility index (Phi) is 7.72. The third kappa shape index (κ3) is 6.93. The van der Waals surface area contributed by atoms with Gasteiger partial charge in [0, 0.05) is 13.0 Å². The maximum absolute atomic E-state index is 11.9. The van der Waals surface area contributed by atoms with Crippen molar-refractivity contribution in [3.8, 4) is 0 Å². The number of carboxylic acid groups (broad SMARTS) is 1. The molecule has 5 heteroatoms. The monoisotopic (exact) mass is 298 g/mol. The summed E-state index contributed by atoms with van der Waals surface area (Å²) in [5.41, 5.74) is 5.72. The second-order valence-corrected chi connectivity index (χ2v) is 6.80. The molecule has 1 saturated carbocycles. The molecule has 4 N–H and O–H groups in total. The Morgan fingerprint density at radius 3 is 2.33 bits per heavy atom. The van der Waals surface area contributed by atoms with Crippen molar-refractivity contribution < 1.29 is 14.7 Å². The molecule has 1 aliphatic carbocycles. The fraction of sp³-hybridized carbons (Fsp3) is 0.875. The van der Waals surface area contributed by atoms with Crippen LogP contribution in [0.15, 0.2) is 0 Å². The van der Waals surface area contributed by atoms with E-state index in [2.05, 4.69) is 19.2 Å². The molecule has 0 aliphatic heterocycles. The number of nitrogens with one attached hydrogen (secondary N) is 1. The molecule has 21 heavy (non-hydrogen) atoms. The zero-order valence-electron chi connectivity index (χ0n) is 13.3. The summed E-state index contributed by atoms with van der Waals surface area (Å²) in [5.74, 6) is 0.435. The Morgan fingerprint density at radius 1 is 1.24 bits per heavy atom. The zero-order valence-corrected chi connectivity index (χ0v) is 13.3. The molecular formula is C16H30N2O3. The van der Waals surface area contributed by atoms with Crippen molar-refractivity contribution in [2.24, 2.45) is 29.4 Å². The second-order valence-electron chi connectivity index (χ2n) is 6.80. The molecule has 0 saturated heterocycles. The summed E-state index contributed by atoms with van der Waals surface area (Å²) in [7, 11) is 0. The Labute approximate surface area is 127 Å². The van der Waals surface area contributed by atoms with Crippen molar-refractivity contribution in [1.82, 2.24) is 5.32 Å². The number of carbonyl (C=O) groups is 2. The van der Waals surface area contributed by atoms with Crippen LogP contribution in [0.1, 0.15) is 52.4 Å². The van der Waals surface area contributed by atoms with Crippen LogP contribution in [0.5, 0.6) is 0 Å². The van der Waals surface area contributed by atoms with Crippen LogP contribution >= 0.6 is 0 Å². The van der Waals surface area contributed by atoms with Gasteiger partial charge in [0.2, 0.25) is 5.91 Å². The van der Waals surface area contributed by atoms with E-state index in [9.17, 15) is 9.59 Å². The summed E-state index contributed by atoms with van der Waals surface area (Å²) in [6.45, 7) is 5.50. The van der Waals surface area contributed by atoms with Gasteiger partial charge in [0.1, 0.15) is 0 Å². The largest absolute Gasteiger partial charge is 0.481 e. The number of nitrogens with two attached hydrogens (primary N) is 1. The molecule has 0 heterocycles. The predicted octanol–water partition coefficient (Wildman–Crippen LogP) is 2.00. The van der Waals surface area contributed by atoms with Crippen molar-refractivity contribution >= 4 is 11.9 Å². The molecule has 0 aromatic heterocycles. The number of carbonyl (C=O) groups excluding carboxylic acids is 1. The number of carboxylic acids is 1. The van der Waals surface area contributed by atoms with Gasteiger partial charge in [-0.1, -0.05) is 13.8 Å². The first-order valence-electron chi connectivity index (χ1n) is 8.11. The number of aliphatic carboxylic acids is 1. The Morgan fingerprint density at radius 2 is 1.86 bits per heavy atom. The topological polar surface area (TPSA) is 92.4 Å². The molecule has 5 nitrogen and oxygen atoms in total. The smallest absolute Gasteiger partial charge is 0.306 e. The maximum atomic E-state index is 11.9. The van der Waals surface area contributed by atoms with E-state index in [4.69, 9.17) is 10.8 Å². The molecule has 1 rings (SSSR count). The summed E-state index contributed by atoms with van der Waals surface area (Å²) in [6, 6.07) is 0. The summed E-state index contributed by atoms with van der Waals surface area (Å²) >= 11 is 0. The van der Waals surface area contributed by atoms with E-state index in [0.29, 0.717) is 31.3 Å². The third-order valence-electron chi connectivity index (χ3n) is 4.40. The van der Waals surface area contributed by atoms with Crippen LogP contribution in [0.4, 0.5) is 0 Å². The lowest BCUT2D eigenvalue weighted by molar-refractivity contribution is -0.143. The first-order chi connectivity index (χ1) is 9.92. The highest BCUT2D eigenvalue weighted by Crippen LogP contribution is 2.28. The van der Waals surface area contributed by atoms with Crippen molar-refractivity contribution in [1.29, 1.82) is 0 Å².